The van der Waals surface area contributed by atoms with Gasteiger partial charge in [0.2, 0.25) is 0 Å². The number of amides is 1. The second-order valence-electron chi connectivity index (χ2n) is 6.89. The zero-order valence-electron chi connectivity index (χ0n) is 15.0. The molecule has 1 aromatic carbocycles. The molecular formula is C18H29FN2O2. The van der Waals surface area contributed by atoms with Gasteiger partial charge in [0.15, 0.2) is 0 Å². The smallest absolute Gasteiger partial charge is 0.407 e. The first-order valence-corrected chi connectivity index (χ1v) is 8.11. The molecule has 130 valence electrons. The third kappa shape index (κ3) is 6.99. The second kappa shape index (κ2) is 8.29. The molecule has 0 heterocycles. The Morgan fingerprint density at radius 1 is 1.35 bits per heavy atom. The molecule has 1 amide bonds. The summed E-state index contributed by atoms with van der Waals surface area (Å²) in [6.45, 7) is 11.8. The van der Waals surface area contributed by atoms with Gasteiger partial charge in [0, 0.05) is 18.6 Å². The Kier molecular flexibility index (Phi) is 7.01. The van der Waals surface area contributed by atoms with Gasteiger partial charge in [-0.15, -0.1) is 0 Å². The van der Waals surface area contributed by atoms with Gasteiger partial charge in [-0.25, -0.2) is 9.18 Å². The van der Waals surface area contributed by atoms with E-state index in [9.17, 15) is 9.18 Å². The maximum Gasteiger partial charge on any atom is 0.407 e. The van der Waals surface area contributed by atoms with Crippen molar-refractivity contribution in [2.45, 2.75) is 65.6 Å². The van der Waals surface area contributed by atoms with Gasteiger partial charge in [0.25, 0.3) is 0 Å². The molecule has 5 heteroatoms. The van der Waals surface area contributed by atoms with E-state index in [1.54, 1.807) is 19.1 Å². The van der Waals surface area contributed by atoms with Gasteiger partial charge in [-0.05, 0) is 58.2 Å². The molecule has 4 nitrogen and oxygen atoms in total. The van der Waals surface area contributed by atoms with Crippen LogP contribution in [0.5, 0.6) is 0 Å². The van der Waals surface area contributed by atoms with Gasteiger partial charge in [-0.1, -0.05) is 19.1 Å². The molecule has 0 fully saturated rings. The molecule has 0 spiro atoms. The highest BCUT2D eigenvalue weighted by molar-refractivity contribution is 5.68. The average Bonchev–Trinajstić information content (AvgIpc) is 2.44. The van der Waals surface area contributed by atoms with E-state index in [1.807, 2.05) is 40.7 Å². The molecule has 0 aromatic heterocycles. The van der Waals surface area contributed by atoms with Crippen LogP contribution in [0.3, 0.4) is 0 Å². The molecule has 2 N–H and O–H groups in total. The zero-order chi connectivity index (χ0) is 17.6. The molecule has 0 aliphatic rings. The molecule has 1 aromatic rings. The molecule has 0 saturated heterocycles. The van der Waals surface area contributed by atoms with Gasteiger partial charge >= 0.3 is 6.09 Å². The number of carbonyl (C=O) groups is 1. The van der Waals surface area contributed by atoms with Crippen LogP contribution >= 0.6 is 0 Å². The van der Waals surface area contributed by atoms with Crippen molar-refractivity contribution in [3.05, 3.63) is 35.1 Å². The van der Waals surface area contributed by atoms with Crippen LogP contribution in [-0.4, -0.2) is 24.3 Å². The molecule has 1 rings (SSSR count). The number of hydrogen-bond donors (Lipinski definition) is 2. The van der Waals surface area contributed by atoms with Gasteiger partial charge in [0.1, 0.15) is 11.4 Å². The summed E-state index contributed by atoms with van der Waals surface area (Å²) in [6.07, 6.45) is 0.362. The van der Waals surface area contributed by atoms with Gasteiger partial charge in [-0.2, -0.15) is 0 Å². The maximum atomic E-state index is 13.6. The van der Waals surface area contributed by atoms with Gasteiger partial charge in [0.05, 0.1) is 0 Å². The number of carbonyl (C=O) groups excluding carboxylic acids is 1. The largest absolute Gasteiger partial charge is 0.444 e. The molecule has 2 atom stereocenters. The highest BCUT2D eigenvalue weighted by Gasteiger charge is 2.19. The molecule has 0 saturated carbocycles. The van der Waals surface area contributed by atoms with Crippen LogP contribution in [-0.2, 0) is 4.74 Å². The van der Waals surface area contributed by atoms with Crippen molar-refractivity contribution >= 4 is 6.09 Å². The Morgan fingerprint density at radius 2 is 2.00 bits per heavy atom. The summed E-state index contributed by atoms with van der Waals surface area (Å²) >= 11 is 0. The summed E-state index contributed by atoms with van der Waals surface area (Å²) in [4.78, 5) is 11.8. The molecule has 0 radical (unpaired) electrons. The maximum absolute atomic E-state index is 13.6. The van der Waals surface area contributed by atoms with E-state index < -0.39 is 11.7 Å². The molecule has 0 bridgehead atoms. The summed E-state index contributed by atoms with van der Waals surface area (Å²) in [5.41, 5.74) is 1.02. The number of ether oxygens (including phenoxy) is 1. The van der Waals surface area contributed by atoms with Crippen LogP contribution in [0.1, 0.15) is 58.2 Å². The predicted octanol–water partition coefficient (Wildman–Crippen LogP) is 4.09. The van der Waals surface area contributed by atoms with Crippen LogP contribution in [0.25, 0.3) is 0 Å². The first-order valence-electron chi connectivity index (χ1n) is 8.11. The summed E-state index contributed by atoms with van der Waals surface area (Å²) in [6, 6.07) is 5.20. The fraction of sp³-hybridized carbons (Fsp3) is 0.611. The van der Waals surface area contributed by atoms with Crippen molar-refractivity contribution in [3.63, 3.8) is 0 Å². The summed E-state index contributed by atoms with van der Waals surface area (Å²) in [5.74, 6) is -0.199. The molecule has 0 aliphatic carbocycles. The lowest BCUT2D eigenvalue weighted by molar-refractivity contribution is 0.0502. The minimum Gasteiger partial charge on any atom is -0.444 e. The van der Waals surface area contributed by atoms with Crippen molar-refractivity contribution < 1.29 is 13.9 Å². The first-order chi connectivity index (χ1) is 10.6. The lowest BCUT2D eigenvalue weighted by Gasteiger charge is -2.24. The Morgan fingerprint density at radius 3 is 2.52 bits per heavy atom. The zero-order valence-corrected chi connectivity index (χ0v) is 15.0. The monoisotopic (exact) mass is 324 g/mol. The Balaban J connectivity index is 2.53. The van der Waals surface area contributed by atoms with Crippen LogP contribution in [0.2, 0.25) is 0 Å². The fourth-order valence-corrected chi connectivity index (χ4v) is 2.09. The number of alkyl carbamates (subject to hydrolysis) is 1. The highest BCUT2D eigenvalue weighted by Crippen LogP contribution is 2.16. The van der Waals surface area contributed by atoms with Crippen molar-refractivity contribution in [1.29, 1.82) is 0 Å². The van der Waals surface area contributed by atoms with Gasteiger partial charge in [-0.3, -0.25) is 0 Å². The number of nitrogens with one attached hydrogen (secondary N) is 2. The third-order valence-corrected chi connectivity index (χ3v) is 3.58. The average molecular weight is 324 g/mol. The molecular weight excluding hydrogens is 295 g/mol. The Labute approximate surface area is 138 Å². The number of halogens is 1. The van der Waals surface area contributed by atoms with E-state index in [1.165, 1.54) is 0 Å². The number of aryl methyl sites for hydroxylation is 1. The van der Waals surface area contributed by atoms with Crippen LogP contribution in [0.4, 0.5) is 9.18 Å². The van der Waals surface area contributed by atoms with Crippen LogP contribution in [0.15, 0.2) is 18.2 Å². The van der Waals surface area contributed by atoms with Crippen molar-refractivity contribution in [2.75, 3.05) is 6.54 Å². The van der Waals surface area contributed by atoms with E-state index >= 15 is 0 Å². The topological polar surface area (TPSA) is 50.4 Å². The van der Waals surface area contributed by atoms with E-state index in [0.717, 1.165) is 12.0 Å². The lowest BCUT2D eigenvalue weighted by atomic mass is 10.1. The van der Waals surface area contributed by atoms with E-state index in [2.05, 4.69) is 10.6 Å². The third-order valence-electron chi connectivity index (χ3n) is 3.58. The molecule has 0 aliphatic heterocycles. The number of hydrogen-bond acceptors (Lipinski definition) is 3. The van der Waals surface area contributed by atoms with E-state index in [-0.39, 0.29) is 17.9 Å². The first kappa shape index (κ1) is 19.4. The summed E-state index contributed by atoms with van der Waals surface area (Å²) < 4.78 is 18.9. The minimum atomic E-state index is -0.511. The summed E-state index contributed by atoms with van der Waals surface area (Å²) in [7, 11) is 0. The lowest BCUT2D eigenvalue weighted by Crippen LogP contribution is -2.44. The molecule has 2 unspecified atom stereocenters. The minimum absolute atomic E-state index is 0.000383. The standard InChI is InChI=1S/C18H29FN2O2/c1-7-15(21-17(22)23-18(4,5)6)11-20-13(3)14-9-8-12(2)16(19)10-14/h8-10,13,15,20H,7,11H2,1-6H3,(H,21,22). The Hall–Kier alpha value is -1.62. The predicted molar refractivity (Wildman–Crippen MR) is 91.0 cm³/mol. The highest BCUT2D eigenvalue weighted by atomic mass is 19.1. The van der Waals surface area contributed by atoms with Crippen molar-refractivity contribution in [2.24, 2.45) is 0 Å². The number of benzene rings is 1. The van der Waals surface area contributed by atoms with Crippen LogP contribution < -0.4 is 10.6 Å². The fourth-order valence-electron chi connectivity index (χ4n) is 2.09. The van der Waals surface area contributed by atoms with Crippen LogP contribution in [0, 0.1) is 12.7 Å². The van der Waals surface area contributed by atoms with E-state index in [0.29, 0.717) is 12.1 Å². The number of rotatable bonds is 6. The van der Waals surface area contributed by atoms with Crippen molar-refractivity contribution in [1.82, 2.24) is 10.6 Å². The SMILES string of the molecule is CCC(CNC(C)c1ccc(C)c(F)c1)NC(=O)OC(C)(C)C. The van der Waals surface area contributed by atoms with E-state index in [4.69, 9.17) is 4.74 Å². The summed E-state index contributed by atoms with van der Waals surface area (Å²) in [5, 5.41) is 6.18. The second-order valence-corrected chi connectivity index (χ2v) is 6.89. The normalized spacial score (nSPS) is 14.2. The molecule has 23 heavy (non-hydrogen) atoms. The van der Waals surface area contributed by atoms with Gasteiger partial charge < -0.3 is 15.4 Å². The Bertz CT molecular complexity index is 526. The quantitative estimate of drug-likeness (QED) is 0.829. The van der Waals surface area contributed by atoms with Crippen molar-refractivity contribution in [3.8, 4) is 0 Å².